The molecule has 3 aromatic rings. The highest BCUT2D eigenvalue weighted by Crippen LogP contribution is 2.27. The van der Waals surface area contributed by atoms with Gasteiger partial charge in [-0.05, 0) is 38.1 Å². The second-order valence-electron chi connectivity index (χ2n) is 6.19. The van der Waals surface area contributed by atoms with Gasteiger partial charge in [0.1, 0.15) is 6.04 Å². The zero-order valence-electron chi connectivity index (χ0n) is 16.2. The Morgan fingerprint density at radius 2 is 1.83 bits per heavy atom. The fourth-order valence-corrected chi connectivity index (χ4v) is 3.43. The normalized spacial score (nSPS) is 11.7. The van der Waals surface area contributed by atoms with Crippen molar-refractivity contribution in [3.63, 3.8) is 0 Å². The number of nitrogens with zero attached hydrogens (tertiary/aromatic N) is 4. The molecule has 0 aliphatic heterocycles. The van der Waals surface area contributed by atoms with E-state index >= 15 is 0 Å². The van der Waals surface area contributed by atoms with E-state index in [4.69, 9.17) is 0 Å². The van der Waals surface area contributed by atoms with Gasteiger partial charge < -0.3 is 10.6 Å². The molecule has 0 saturated carbocycles. The van der Waals surface area contributed by atoms with E-state index in [2.05, 4.69) is 25.8 Å². The van der Waals surface area contributed by atoms with Crippen LogP contribution in [-0.4, -0.2) is 49.9 Å². The number of nitrogens with one attached hydrogen (secondary N) is 2. The van der Waals surface area contributed by atoms with Crippen LogP contribution in [0.1, 0.15) is 13.8 Å². The summed E-state index contributed by atoms with van der Waals surface area (Å²) >= 11 is 1.26. The molecule has 150 valence electrons. The summed E-state index contributed by atoms with van der Waals surface area (Å²) in [6, 6.07) is 12.8. The van der Waals surface area contributed by atoms with Crippen molar-refractivity contribution in [1.29, 1.82) is 0 Å². The van der Waals surface area contributed by atoms with Gasteiger partial charge in [0.25, 0.3) is 0 Å². The summed E-state index contributed by atoms with van der Waals surface area (Å²) in [6.07, 6.45) is 3.39. The van der Waals surface area contributed by atoms with Crippen molar-refractivity contribution in [3.8, 4) is 17.1 Å². The number of thioether (sulfide) groups is 1. The summed E-state index contributed by atoms with van der Waals surface area (Å²) in [5.74, 6) is 0.322. The number of para-hydroxylation sites is 1. The zero-order chi connectivity index (χ0) is 20.6. The maximum atomic E-state index is 12.3. The predicted molar refractivity (Wildman–Crippen MR) is 112 cm³/mol. The third-order valence-electron chi connectivity index (χ3n) is 4.04. The quantitative estimate of drug-likeness (QED) is 0.551. The number of pyridine rings is 1. The molecule has 2 heterocycles. The van der Waals surface area contributed by atoms with Gasteiger partial charge in [0.2, 0.25) is 11.8 Å². The van der Waals surface area contributed by atoms with Crippen LogP contribution in [0.25, 0.3) is 17.1 Å². The molecule has 1 aromatic carbocycles. The van der Waals surface area contributed by atoms with E-state index in [1.165, 1.54) is 11.8 Å². The van der Waals surface area contributed by atoms with Gasteiger partial charge in [-0.2, -0.15) is 0 Å². The Hall–Kier alpha value is -3.20. The Morgan fingerprint density at radius 1 is 1.10 bits per heavy atom. The maximum Gasteiger partial charge on any atom is 0.242 e. The summed E-state index contributed by atoms with van der Waals surface area (Å²) in [6.45, 7) is 4.01. The minimum atomic E-state index is -0.595. The van der Waals surface area contributed by atoms with E-state index in [1.807, 2.05) is 54.0 Å². The number of carbonyl (C=O) groups excluding carboxylic acids is 2. The van der Waals surface area contributed by atoms with Crippen molar-refractivity contribution in [2.75, 3.05) is 12.3 Å². The average Bonchev–Trinajstić information content (AvgIpc) is 3.17. The van der Waals surface area contributed by atoms with Crippen molar-refractivity contribution < 1.29 is 9.59 Å². The smallest absolute Gasteiger partial charge is 0.242 e. The first-order valence-corrected chi connectivity index (χ1v) is 10.2. The Labute approximate surface area is 173 Å². The minimum Gasteiger partial charge on any atom is -0.355 e. The molecular weight excluding hydrogens is 388 g/mol. The minimum absolute atomic E-state index is 0.116. The van der Waals surface area contributed by atoms with Gasteiger partial charge in [0.05, 0.1) is 5.75 Å². The summed E-state index contributed by atoms with van der Waals surface area (Å²) < 4.78 is 1.90. The van der Waals surface area contributed by atoms with Gasteiger partial charge in [-0.15, -0.1) is 10.2 Å². The molecule has 0 radical (unpaired) electrons. The lowest BCUT2D eigenvalue weighted by Gasteiger charge is -2.13. The van der Waals surface area contributed by atoms with E-state index in [1.54, 1.807) is 19.3 Å². The standard InChI is InChI=1S/C20H22N6O2S/c1-3-22-19(28)14(2)23-17(27)13-29-20-25-24-18(15-9-11-21-12-10-15)26(20)16-7-5-4-6-8-16/h4-12,14H,3,13H2,1-2H3,(H,22,28)(H,23,27)/t14-/m0/s1. The largest absolute Gasteiger partial charge is 0.355 e. The monoisotopic (exact) mass is 410 g/mol. The number of hydrogen-bond donors (Lipinski definition) is 2. The van der Waals surface area contributed by atoms with Crippen LogP contribution in [0.4, 0.5) is 0 Å². The first-order valence-electron chi connectivity index (χ1n) is 9.21. The molecule has 0 aliphatic carbocycles. The highest BCUT2D eigenvalue weighted by atomic mass is 32.2. The van der Waals surface area contributed by atoms with Crippen LogP contribution in [0.15, 0.2) is 60.0 Å². The van der Waals surface area contributed by atoms with Crippen LogP contribution in [0.3, 0.4) is 0 Å². The van der Waals surface area contributed by atoms with E-state index in [0.717, 1.165) is 11.3 Å². The Balaban J connectivity index is 1.79. The second kappa shape index (κ2) is 9.83. The summed E-state index contributed by atoms with van der Waals surface area (Å²) in [5.41, 5.74) is 1.76. The first-order chi connectivity index (χ1) is 14.1. The first kappa shape index (κ1) is 20.5. The molecule has 0 spiro atoms. The van der Waals surface area contributed by atoms with E-state index in [-0.39, 0.29) is 17.6 Å². The van der Waals surface area contributed by atoms with Gasteiger partial charge in [-0.1, -0.05) is 30.0 Å². The Morgan fingerprint density at radius 3 is 2.52 bits per heavy atom. The molecule has 0 saturated heterocycles. The number of carbonyl (C=O) groups is 2. The molecule has 1 atom stereocenters. The molecule has 0 fully saturated rings. The maximum absolute atomic E-state index is 12.3. The SMILES string of the molecule is CCNC(=O)[C@H](C)NC(=O)CSc1nnc(-c2ccncc2)n1-c1ccccc1. The molecule has 3 rings (SSSR count). The van der Waals surface area contributed by atoms with Crippen LogP contribution >= 0.6 is 11.8 Å². The topological polar surface area (TPSA) is 102 Å². The van der Waals surface area contributed by atoms with Crippen molar-refractivity contribution in [3.05, 3.63) is 54.9 Å². The molecule has 2 N–H and O–H groups in total. The Kier molecular flexibility index (Phi) is 6.96. The van der Waals surface area contributed by atoms with Crippen molar-refractivity contribution in [1.82, 2.24) is 30.4 Å². The van der Waals surface area contributed by atoms with Gasteiger partial charge in [0, 0.05) is 30.2 Å². The van der Waals surface area contributed by atoms with E-state index < -0.39 is 6.04 Å². The molecule has 9 heteroatoms. The second-order valence-corrected chi connectivity index (χ2v) is 7.13. The molecular formula is C20H22N6O2S. The fourth-order valence-electron chi connectivity index (χ4n) is 2.67. The van der Waals surface area contributed by atoms with Crippen molar-refractivity contribution in [2.45, 2.75) is 25.0 Å². The van der Waals surface area contributed by atoms with Crippen LogP contribution in [0, 0.1) is 0 Å². The number of likely N-dealkylation sites (N-methyl/N-ethyl adjacent to an activating group) is 1. The third-order valence-corrected chi connectivity index (χ3v) is 4.97. The molecule has 0 bridgehead atoms. The van der Waals surface area contributed by atoms with Gasteiger partial charge in [0.15, 0.2) is 11.0 Å². The van der Waals surface area contributed by atoms with Crippen LogP contribution in [0.5, 0.6) is 0 Å². The average molecular weight is 411 g/mol. The van der Waals surface area contributed by atoms with Crippen LogP contribution < -0.4 is 10.6 Å². The van der Waals surface area contributed by atoms with Gasteiger partial charge in [-0.25, -0.2) is 0 Å². The van der Waals surface area contributed by atoms with E-state index in [9.17, 15) is 9.59 Å². The highest BCUT2D eigenvalue weighted by molar-refractivity contribution is 7.99. The van der Waals surface area contributed by atoms with Crippen LogP contribution in [-0.2, 0) is 9.59 Å². The number of rotatable bonds is 8. The Bertz CT molecular complexity index is 962. The lowest BCUT2D eigenvalue weighted by atomic mass is 10.2. The molecule has 0 aliphatic rings. The van der Waals surface area contributed by atoms with Crippen molar-refractivity contribution in [2.24, 2.45) is 0 Å². The van der Waals surface area contributed by atoms with E-state index in [0.29, 0.717) is 17.5 Å². The van der Waals surface area contributed by atoms with Crippen molar-refractivity contribution >= 4 is 23.6 Å². The molecule has 2 amide bonds. The fraction of sp³-hybridized carbons (Fsp3) is 0.250. The van der Waals surface area contributed by atoms with Gasteiger partial charge in [-0.3, -0.25) is 19.1 Å². The zero-order valence-corrected chi connectivity index (χ0v) is 17.0. The molecule has 2 aromatic heterocycles. The summed E-state index contributed by atoms with van der Waals surface area (Å²) in [5, 5.41) is 14.6. The number of aromatic nitrogens is 4. The van der Waals surface area contributed by atoms with Crippen LogP contribution in [0.2, 0.25) is 0 Å². The number of hydrogen-bond acceptors (Lipinski definition) is 6. The number of amides is 2. The summed E-state index contributed by atoms with van der Waals surface area (Å²) in [7, 11) is 0. The summed E-state index contributed by atoms with van der Waals surface area (Å²) in [4.78, 5) is 28.1. The third kappa shape index (κ3) is 5.20. The van der Waals surface area contributed by atoms with Gasteiger partial charge >= 0.3 is 0 Å². The molecule has 29 heavy (non-hydrogen) atoms. The highest BCUT2D eigenvalue weighted by Gasteiger charge is 2.19. The lowest BCUT2D eigenvalue weighted by molar-refractivity contribution is -0.127. The molecule has 8 nitrogen and oxygen atoms in total. The predicted octanol–water partition coefficient (Wildman–Crippen LogP) is 2.06. The molecule has 0 unspecified atom stereocenters. The lowest BCUT2D eigenvalue weighted by Crippen LogP contribution is -2.45. The number of benzene rings is 1.